The van der Waals surface area contributed by atoms with Crippen molar-refractivity contribution in [2.24, 2.45) is 0 Å². The molecule has 4 atom stereocenters. The van der Waals surface area contributed by atoms with Crippen molar-refractivity contribution >= 4 is 0 Å². The highest BCUT2D eigenvalue weighted by molar-refractivity contribution is 5.49. The first kappa shape index (κ1) is 28.9. The second-order valence-corrected chi connectivity index (χ2v) is 10.7. The normalized spacial score (nSPS) is 23.5. The lowest BCUT2D eigenvalue weighted by Crippen LogP contribution is -2.49. The smallest absolute Gasteiger partial charge is 0.330 e. The fraction of sp³-hybridized carbons (Fsp3) is 0.333. The fourth-order valence-corrected chi connectivity index (χ4v) is 6.25. The summed E-state index contributed by atoms with van der Waals surface area (Å²) in [5.74, 6) is 1.40. The Morgan fingerprint density at radius 2 is 1.51 bits per heavy atom. The summed E-state index contributed by atoms with van der Waals surface area (Å²) in [5, 5.41) is 11.7. The molecule has 2 aliphatic rings. The van der Waals surface area contributed by atoms with Gasteiger partial charge in [-0.05, 0) is 53.8 Å². The molecule has 224 valence electrons. The van der Waals surface area contributed by atoms with E-state index >= 15 is 0 Å². The number of benzene rings is 3. The number of H-pyrrole nitrogens is 1. The molecule has 0 amide bonds. The van der Waals surface area contributed by atoms with Crippen molar-refractivity contribution in [1.82, 2.24) is 9.55 Å². The van der Waals surface area contributed by atoms with Crippen molar-refractivity contribution in [3.05, 3.63) is 129 Å². The van der Waals surface area contributed by atoms with Gasteiger partial charge in [-0.25, -0.2) is 4.79 Å². The Morgan fingerprint density at radius 3 is 2.05 bits per heavy atom. The van der Waals surface area contributed by atoms with Gasteiger partial charge < -0.3 is 28.8 Å². The standard InChI is InChI=1S/C33H34N2O8/c1-39-25-13-9-23(10-14-25)33(22-7-4-3-5-8-22,24-11-15-26(40-2)16-12-24)42-21-27-29(37)32(18-6-20-41-32)30(43-27)35-19-17-28(36)34-31(35)38/h3-5,7-17,19,27,29-30,37H,6,18,20-21H2,1-2H3,(H,34,36,38)/t27-,29-,30-,32+/m1/s1. The summed E-state index contributed by atoms with van der Waals surface area (Å²) in [4.78, 5) is 26.8. The molecule has 3 aromatic carbocycles. The predicted molar refractivity (Wildman–Crippen MR) is 157 cm³/mol. The van der Waals surface area contributed by atoms with Crippen molar-refractivity contribution in [3.8, 4) is 11.5 Å². The first-order valence-corrected chi connectivity index (χ1v) is 14.2. The number of aliphatic hydroxyl groups excluding tert-OH is 1. The van der Waals surface area contributed by atoms with E-state index in [-0.39, 0.29) is 6.61 Å². The van der Waals surface area contributed by atoms with Crippen LogP contribution in [-0.4, -0.2) is 59.9 Å². The van der Waals surface area contributed by atoms with Gasteiger partial charge in [-0.1, -0.05) is 54.6 Å². The number of rotatable bonds is 9. The Hall–Kier alpha value is -4.22. The summed E-state index contributed by atoms with van der Waals surface area (Å²) in [5.41, 5.74) is -0.942. The summed E-state index contributed by atoms with van der Waals surface area (Å²) in [7, 11) is 3.23. The highest BCUT2D eigenvalue weighted by Gasteiger charge is 2.60. The zero-order valence-electron chi connectivity index (χ0n) is 24.0. The molecule has 1 spiro atoms. The predicted octanol–water partition coefficient (Wildman–Crippen LogP) is 3.37. The molecule has 2 N–H and O–H groups in total. The van der Waals surface area contributed by atoms with E-state index in [1.165, 1.54) is 16.8 Å². The molecule has 1 aromatic heterocycles. The number of aromatic amines is 1. The Morgan fingerprint density at radius 1 is 0.907 bits per heavy atom. The van der Waals surface area contributed by atoms with Crippen LogP contribution in [0.1, 0.15) is 35.8 Å². The number of aromatic nitrogens is 2. The highest BCUT2D eigenvalue weighted by atomic mass is 16.6. The van der Waals surface area contributed by atoms with E-state index < -0.39 is 40.9 Å². The lowest BCUT2D eigenvalue weighted by Gasteiger charge is -2.37. The van der Waals surface area contributed by atoms with Crippen molar-refractivity contribution in [3.63, 3.8) is 0 Å². The van der Waals surface area contributed by atoms with Crippen LogP contribution in [0.2, 0.25) is 0 Å². The van der Waals surface area contributed by atoms with Gasteiger partial charge in [0.1, 0.15) is 34.9 Å². The summed E-state index contributed by atoms with van der Waals surface area (Å²) < 4.78 is 31.6. The molecule has 2 aliphatic heterocycles. The number of aliphatic hydroxyl groups is 1. The maximum absolute atomic E-state index is 12.8. The average molecular weight is 587 g/mol. The third kappa shape index (κ3) is 5.06. The molecule has 43 heavy (non-hydrogen) atoms. The molecular formula is C33H34N2O8. The maximum atomic E-state index is 12.8. The van der Waals surface area contributed by atoms with Gasteiger partial charge in [-0.15, -0.1) is 0 Å². The summed E-state index contributed by atoms with van der Waals surface area (Å²) in [6.07, 6.45) is -0.402. The topological polar surface area (TPSA) is 121 Å². The van der Waals surface area contributed by atoms with E-state index in [1.807, 2.05) is 78.9 Å². The molecule has 2 saturated heterocycles. The van der Waals surface area contributed by atoms with Gasteiger partial charge in [-0.3, -0.25) is 14.3 Å². The molecular weight excluding hydrogens is 552 g/mol. The van der Waals surface area contributed by atoms with Gasteiger partial charge >= 0.3 is 5.69 Å². The van der Waals surface area contributed by atoms with Gasteiger partial charge in [-0.2, -0.15) is 0 Å². The number of hydrogen-bond acceptors (Lipinski definition) is 8. The quantitative estimate of drug-likeness (QED) is 0.287. The van der Waals surface area contributed by atoms with E-state index in [2.05, 4.69) is 4.98 Å². The Labute approximate surface area is 248 Å². The molecule has 0 saturated carbocycles. The molecule has 0 bridgehead atoms. The minimum absolute atomic E-state index is 0.0478. The van der Waals surface area contributed by atoms with Crippen LogP contribution in [0, 0.1) is 0 Å². The van der Waals surface area contributed by atoms with Gasteiger partial charge in [0, 0.05) is 18.9 Å². The number of methoxy groups -OCH3 is 2. The van der Waals surface area contributed by atoms with E-state index in [0.717, 1.165) is 16.7 Å². The van der Waals surface area contributed by atoms with Gasteiger partial charge in [0.2, 0.25) is 0 Å². The van der Waals surface area contributed by atoms with Crippen molar-refractivity contribution in [1.29, 1.82) is 0 Å². The molecule has 3 heterocycles. The lowest BCUT2D eigenvalue weighted by molar-refractivity contribution is -0.123. The molecule has 2 fully saturated rings. The minimum Gasteiger partial charge on any atom is -0.497 e. The van der Waals surface area contributed by atoms with Crippen LogP contribution in [0.15, 0.2) is 101 Å². The zero-order valence-corrected chi connectivity index (χ0v) is 24.0. The van der Waals surface area contributed by atoms with Crippen molar-refractivity contribution in [2.75, 3.05) is 27.4 Å². The van der Waals surface area contributed by atoms with Crippen LogP contribution in [0.25, 0.3) is 0 Å². The largest absolute Gasteiger partial charge is 0.497 e. The van der Waals surface area contributed by atoms with E-state index in [1.54, 1.807) is 14.2 Å². The first-order valence-electron chi connectivity index (χ1n) is 14.2. The number of hydrogen-bond donors (Lipinski definition) is 2. The van der Waals surface area contributed by atoms with Crippen molar-refractivity contribution in [2.45, 2.75) is 42.5 Å². The second-order valence-electron chi connectivity index (χ2n) is 10.7. The van der Waals surface area contributed by atoms with E-state index in [0.29, 0.717) is 30.9 Å². The van der Waals surface area contributed by atoms with Crippen LogP contribution in [0.3, 0.4) is 0 Å². The molecule has 10 nitrogen and oxygen atoms in total. The maximum Gasteiger partial charge on any atom is 0.330 e. The fourth-order valence-electron chi connectivity index (χ4n) is 6.25. The minimum atomic E-state index is -1.17. The van der Waals surface area contributed by atoms with Gasteiger partial charge in [0.05, 0.1) is 20.8 Å². The Kier molecular flexibility index (Phi) is 7.93. The van der Waals surface area contributed by atoms with Crippen LogP contribution >= 0.6 is 0 Å². The van der Waals surface area contributed by atoms with E-state index in [4.69, 9.17) is 23.7 Å². The zero-order chi connectivity index (χ0) is 30.0. The van der Waals surface area contributed by atoms with Crippen LogP contribution < -0.4 is 20.7 Å². The number of nitrogens with one attached hydrogen (secondary N) is 1. The lowest BCUT2D eigenvalue weighted by atomic mass is 9.80. The first-order chi connectivity index (χ1) is 20.9. The van der Waals surface area contributed by atoms with Gasteiger partial charge in [0.25, 0.3) is 5.56 Å². The number of nitrogens with zero attached hydrogens (tertiary/aromatic N) is 1. The summed E-state index contributed by atoms with van der Waals surface area (Å²) in [6, 6.07) is 26.4. The Bertz CT molecular complexity index is 1600. The van der Waals surface area contributed by atoms with Gasteiger partial charge in [0.15, 0.2) is 6.23 Å². The van der Waals surface area contributed by atoms with Crippen molar-refractivity contribution < 1.29 is 28.8 Å². The third-order valence-electron chi connectivity index (χ3n) is 8.40. The van der Waals surface area contributed by atoms with Crippen LogP contribution in [0.5, 0.6) is 11.5 Å². The molecule has 0 aliphatic carbocycles. The molecule has 6 rings (SSSR count). The van der Waals surface area contributed by atoms with Crippen LogP contribution in [0.4, 0.5) is 0 Å². The second kappa shape index (κ2) is 11.8. The number of ether oxygens (including phenoxy) is 5. The van der Waals surface area contributed by atoms with E-state index in [9.17, 15) is 14.7 Å². The average Bonchev–Trinajstić information content (AvgIpc) is 3.64. The summed E-state index contributed by atoms with van der Waals surface area (Å²) >= 11 is 0. The highest BCUT2D eigenvalue weighted by Crippen LogP contribution is 2.48. The third-order valence-corrected chi connectivity index (χ3v) is 8.40. The molecule has 0 radical (unpaired) electrons. The summed E-state index contributed by atoms with van der Waals surface area (Å²) in [6.45, 7) is 0.363. The van der Waals surface area contributed by atoms with Crippen LogP contribution in [-0.2, 0) is 19.8 Å². The monoisotopic (exact) mass is 586 g/mol. The molecule has 10 heteroatoms. The Balaban J connectivity index is 1.43. The SMILES string of the molecule is COc1ccc(C(OC[C@H]2O[C@@H](n3ccc(=O)[nH]c3=O)[C@]3(CCCO3)[C@@H]2O)(c2ccccc2)c2ccc(OC)cc2)cc1. The molecule has 4 aromatic rings. The molecule has 0 unspecified atom stereocenters.